The van der Waals surface area contributed by atoms with Crippen LogP contribution in [0.4, 0.5) is 31.1 Å². The van der Waals surface area contributed by atoms with Gasteiger partial charge in [0, 0.05) is 57.5 Å². The Morgan fingerprint density at radius 3 is 1.89 bits per heavy atom. The van der Waals surface area contributed by atoms with Crippen molar-refractivity contribution in [1.82, 2.24) is 14.7 Å². The zero-order valence-corrected chi connectivity index (χ0v) is 26.3. The highest BCUT2D eigenvalue weighted by Gasteiger charge is 2.41. The fourth-order valence-corrected chi connectivity index (χ4v) is 6.12. The maximum atomic E-state index is 13.8. The topological polar surface area (TPSA) is 70.2 Å². The van der Waals surface area contributed by atoms with Gasteiger partial charge < -0.3 is 19.4 Å². The summed E-state index contributed by atoms with van der Waals surface area (Å²) in [5, 5.41) is 0. The number of rotatable bonds is 5. The summed E-state index contributed by atoms with van der Waals surface area (Å²) in [6.07, 6.45) is -9.22. The van der Waals surface area contributed by atoms with E-state index in [4.69, 9.17) is 4.74 Å². The van der Waals surface area contributed by atoms with Gasteiger partial charge in [0.25, 0.3) is 0 Å². The van der Waals surface area contributed by atoms with Crippen molar-refractivity contribution in [1.29, 1.82) is 0 Å². The third-order valence-corrected chi connectivity index (χ3v) is 8.41. The highest BCUT2D eigenvalue weighted by molar-refractivity contribution is 5.82. The molecule has 4 rings (SSSR count). The molecule has 46 heavy (non-hydrogen) atoms. The molecule has 0 saturated carbocycles. The number of piperidine rings is 2. The second-order valence-electron chi connectivity index (χ2n) is 13.0. The molecule has 2 atom stereocenters. The fraction of sp³-hybridized carbons (Fsp3) is 0.545. The average Bonchev–Trinajstić information content (AvgIpc) is 2.98. The molecule has 2 saturated heterocycles. The van der Waals surface area contributed by atoms with Crippen molar-refractivity contribution in [2.75, 3.05) is 33.2 Å². The molecule has 2 fully saturated rings. The van der Waals surface area contributed by atoms with Gasteiger partial charge in [-0.15, -0.1) is 0 Å². The van der Waals surface area contributed by atoms with E-state index in [1.165, 1.54) is 7.05 Å². The molecule has 0 aliphatic carbocycles. The Labute approximate surface area is 264 Å². The number of carbonyl (C=O) groups is 3. The molecule has 0 spiro atoms. The first-order valence-electron chi connectivity index (χ1n) is 15.2. The van der Waals surface area contributed by atoms with Crippen LogP contribution in [0.1, 0.15) is 68.2 Å². The molecule has 2 aromatic rings. The van der Waals surface area contributed by atoms with E-state index in [1.807, 2.05) is 18.2 Å². The molecule has 0 unspecified atom stereocenters. The third kappa shape index (κ3) is 8.73. The number of amides is 3. The standard InChI is InChI=1S/C33H39F6N3O4/c1-31(2,3)46-30(45)41-13-10-23(11-14-41)28(43)42-15-12-26(27(20-42)22-8-6-5-7-9-22)29(44)40(4)19-21-16-24(32(34,35)36)18-25(17-21)33(37,38)39/h5-9,16-18,23,26-27H,10-15,19-20H2,1-4H3/t26-,27-/m0/s1. The van der Waals surface area contributed by atoms with Crippen molar-refractivity contribution in [2.24, 2.45) is 11.8 Å². The van der Waals surface area contributed by atoms with E-state index in [0.717, 1.165) is 10.5 Å². The van der Waals surface area contributed by atoms with Crippen molar-refractivity contribution >= 4 is 17.9 Å². The lowest BCUT2D eigenvalue weighted by Crippen LogP contribution is -2.51. The first kappa shape index (κ1) is 35.1. The summed E-state index contributed by atoms with van der Waals surface area (Å²) in [6, 6.07) is 10.4. The molecule has 13 heteroatoms. The number of alkyl halides is 6. The summed E-state index contributed by atoms with van der Waals surface area (Å²) < 4.78 is 85.9. The molecule has 0 bridgehead atoms. The Morgan fingerprint density at radius 2 is 1.37 bits per heavy atom. The van der Waals surface area contributed by atoms with Crippen molar-refractivity contribution in [3.05, 3.63) is 70.8 Å². The Hall–Kier alpha value is -3.77. The lowest BCUT2D eigenvalue weighted by Gasteiger charge is -2.42. The van der Waals surface area contributed by atoms with Gasteiger partial charge in [-0.3, -0.25) is 9.59 Å². The Morgan fingerprint density at radius 1 is 0.826 bits per heavy atom. The van der Waals surface area contributed by atoms with Crippen LogP contribution >= 0.6 is 0 Å². The van der Waals surface area contributed by atoms with Crippen LogP contribution in [-0.4, -0.2) is 71.4 Å². The van der Waals surface area contributed by atoms with Crippen molar-refractivity contribution < 1.29 is 45.5 Å². The Balaban J connectivity index is 1.48. The molecule has 252 valence electrons. The minimum atomic E-state index is -5.00. The van der Waals surface area contributed by atoms with E-state index >= 15 is 0 Å². The van der Waals surface area contributed by atoms with E-state index in [2.05, 4.69) is 0 Å². The normalized spacial score (nSPS) is 20.0. The molecule has 2 aliphatic rings. The number of hydrogen-bond acceptors (Lipinski definition) is 4. The molecular formula is C33H39F6N3O4. The summed E-state index contributed by atoms with van der Waals surface area (Å²) in [6.45, 7) is 6.13. The Bertz CT molecular complexity index is 1370. The molecule has 2 aromatic carbocycles. The second kappa shape index (κ2) is 13.5. The molecule has 0 radical (unpaired) electrons. The molecule has 7 nitrogen and oxygen atoms in total. The monoisotopic (exact) mass is 655 g/mol. The van der Waals surface area contributed by atoms with Crippen LogP contribution in [0.25, 0.3) is 0 Å². The summed E-state index contributed by atoms with van der Waals surface area (Å²) in [4.78, 5) is 44.3. The van der Waals surface area contributed by atoms with Gasteiger partial charge in [0.05, 0.1) is 11.1 Å². The van der Waals surface area contributed by atoms with E-state index in [9.17, 15) is 40.7 Å². The number of nitrogens with zero attached hydrogens (tertiary/aromatic N) is 3. The zero-order valence-electron chi connectivity index (χ0n) is 26.3. The predicted octanol–water partition coefficient (Wildman–Crippen LogP) is 6.96. The first-order valence-corrected chi connectivity index (χ1v) is 15.2. The van der Waals surface area contributed by atoms with Gasteiger partial charge in [-0.2, -0.15) is 26.3 Å². The minimum absolute atomic E-state index is 0.0604. The van der Waals surface area contributed by atoms with Crippen molar-refractivity contribution in [3.63, 3.8) is 0 Å². The van der Waals surface area contributed by atoms with Gasteiger partial charge in [-0.05, 0) is 69.4 Å². The number of benzene rings is 2. The maximum Gasteiger partial charge on any atom is 0.416 e. The quantitative estimate of drug-likeness (QED) is 0.327. The number of hydrogen-bond donors (Lipinski definition) is 0. The van der Waals surface area contributed by atoms with Crippen molar-refractivity contribution in [2.45, 2.75) is 70.4 Å². The number of likely N-dealkylation sites (tertiary alicyclic amines) is 2. The predicted molar refractivity (Wildman–Crippen MR) is 157 cm³/mol. The van der Waals surface area contributed by atoms with Crippen LogP contribution < -0.4 is 0 Å². The number of carbonyl (C=O) groups excluding carboxylic acids is 3. The van der Waals surface area contributed by atoms with Crippen LogP contribution in [0.3, 0.4) is 0 Å². The van der Waals surface area contributed by atoms with Crippen LogP contribution in [0, 0.1) is 11.8 Å². The molecule has 0 N–H and O–H groups in total. The van der Waals surface area contributed by atoms with Gasteiger partial charge >= 0.3 is 18.4 Å². The zero-order chi connectivity index (χ0) is 34.0. The lowest BCUT2D eigenvalue weighted by atomic mass is 9.79. The average molecular weight is 656 g/mol. The van der Waals surface area contributed by atoms with Gasteiger partial charge in [0.2, 0.25) is 11.8 Å². The lowest BCUT2D eigenvalue weighted by molar-refractivity contribution is -0.144. The van der Waals surface area contributed by atoms with E-state index in [-0.39, 0.29) is 43.0 Å². The van der Waals surface area contributed by atoms with Crippen LogP contribution in [0.15, 0.2) is 48.5 Å². The van der Waals surface area contributed by atoms with E-state index in [1.54, 1.807) is 42.7 Å². The Kier molecular flexibility index (Phi) is 10.3. The highest BCUT2D eigenvalue weighted by atomic mass is 19.4. The van der Waals surface area contributed by atoms with Gasteiger partial charge in [-0.1, -0.05) is 30.3 Å². The molecular weight excluding hydrogens is 616 g/mol. The van der Waals surface area contributed by atoms with Gasteiger partial charge in [0.1, 0.15) is 5.60 Å². The largest absolute Gasteiger partial charge is 0.444 e. The molecule has 2 aliphatic heterocycles. The molecule has 2 heterocycles. The number of ether oxygens (including phenoxy) is 1. The second-order valence-corrected chi connectivity index (χ2v) is 13.0. The van der Waals surface area contributed by atoms with Crippen LogP contribution in [0.5, 0.6) is 0 Å². The maximum absolute atomic E-state index is 13.8. The van der Waals surface area contributed by atoms with E-state index < -0.39 is 59.5 Å². The summed E-state index contributed by atoms with van der Waals surface area (Å²) in [7, 11) is 1.36. The van der Waals surface area contributed by atoms with Crippen molar-refractivity contribution in [3.8, 4) is 0 Å². The minimum Gasteiger partial charge on any atom is -0.444 e. The smallest absolute Gasteiger partial charge is 0.416 e. The van der Waals surface area contributed by atoms with E-state index in [0.29, 0.717) is 38.1 Å². The SMILES string of the molecule is CN(Cc1cc(C(F)(F)F)cc(C(F)(F)F)c1)C(=O)[C@H]1CCN(C(=O)C2CCN(C(=O)OC(C)(C)C)CC2)C[C@H]1c1ccccc1. The number of halogens is 6. The summed E-state index contributed by atoms with van der Waals surface area (Å²) in [5.74, 6) is -1.92. The van der Waals surface area contributed by atoms with Gasteiger partial charge in [0.15, 0.2) is 0 Å². The third-order valence-electron chi connectivity index (χ3n) is 8.41. The van der Waals surface area contributed by atoms with Crippen LogP contribution in [0.2, 0.25) is 0 Å². The first-order chi connectivity index (χ1) is 21.3. The fourth-order valence-electron chi connectivity index (χ4n) is 6.12. The molecule has 3 amide bonds. The highest BCUT2D eigenvalue weighted by Crippen LogP contribution is 2.38. The molecule has 0 aromatic heterocycles. The van der Waals surface area contributed by atoms with Gasteiger partial charge in [-0.25, -0.2) is 4.79 Å². The summed E-state index contributed by atoms with van der Waals surface area (Å²) >= 11 is 0. The van der Waals surface area contributed by atoms with Crippen LogP contribution in [-0.2, 0) is 33.2 Å². The summed E-state index contributed by atoms with van der Waals surface area (Å²) in [5.41, 5.74) is -3.01.